The Morgan fingerprint density at radius 1 is 1.42 bits per heavy atom. The molecule has 1 saturated heterocycles. The SMILES string of the molecule is CC(C)C1(O)CN(C(=O)COc2ccc(N)cc2)C1. The number of carbonyl (C=O) groups is 1. The van der Waals surface area contributed by atoms with Gasteiger partial charge in [0.1, 0.15) is 11.4 Å². The van der Waals surface area contributed by atoms with Crippen molar-refractivity contribution in [1.29, 1.82) is 0 Å². The fraction of sp³-hybridized carbons (Fsp3) is 0.500. The van der Waals surface area contributed by atoms with Gasteiger partial charge in [0, 0.05) is 5.69 Å². The van der Waals surface area contributed by atoms with Crippen molar-refractivity contribution in [2.24, 2.45) is 5.92 Å². The van der Waals surface area contributed by atoms with E-state index in [0.29, 0.717) is 24.5 Å². The first kappa shape index (κ1) is 13.7. The molecule has 1 aliphatic heterocycles. The van der Waals surface area contributed by atoms with Gasteiger partial charge in [-0.3, -0.25) is 4.79 Å². The molecule has 1 aromatic carbocycles. The number of benzene rings is 1. The fourth-order valence-corrected chi connectivity index (χ4v) is 1.96. The number of amides is 1. The Labute approximate surface area is 113 Å². The molecule has 19 heavy (non-hydrogen) atoms. The van der Waals surface area contributed by atoms with Crippen LogP contribution < -0.4 is 10.5 Å². The normalized spacial score (nSPS) is 17.2. The van der Waals surface area contributed by atoms with Gasteiger partial charge in [0.05, 0.1) is 13.1 Å². The van der Waals surface area contributed by atoms with E-state index in [1.165, 1.54) is 0 Å². The van der Waals surface area contributed by atoms with E-state index >= 15 is 0 Å². The highest BCUT2D eigenvalue weighted by molar-refractivity contribution is 5.79. The summed E-state index contributed by atoms with van der Waals surface area (Å²) < 4.78 is 5.38. The van der Waals surface area contributed by atoms with Crippen LogP contribution in [0.15, 0.2) is 24.3 Å². The zero-order valence-electron chi connectivity index (χ0n) is 11.3. The van der Waals surface area contributed by atoms with Crippen molar-refractivity contribution >= 4 is 11.6 Å². The summed E-state index contributed by atoms with van der Waals surface area (Å²) in [6.07, 6.45) is 0. The van der Waals surface area contributed by atoms with Gasteiger partial charge in [-0.25, -0.2) is 0 Å². The van der Waals surface area contributed by atoms with Crippen LogP contribution in [0.25, 0.3) is 0 Å². The Morgan fingerprint density at radius 3 is 2.53 bits per heavy atom. The Hall–Kier alpha value is -1.75. The van der Waals surface area contributed by atoms with Crippen molar-refractivity contribution in [3.8, 4) is 5.75 Å². The van der Waals surface area contributed by atoms with Crippen molar-refractivity contribution < 1.29 is 14.6 Å². The van der Waals surface area contributed by atoms with Crippen LogP contribution in [0.5, 0.6) is 5.75 Å². The van der Waals surface area contributed by atoms with Gasteiger partial charge >= 0.3 is 0 Å². The van der Waals surface area contributed by atoms with Crippen molar-refractivity contribution in [1.82, 2.24) is 4.90 Å². The first-order valence-corrected chi connectivity index (χ1v) is 6.39. The Bertz CT molecular complexity index is 450. The number of aliphatic hydroxyl groups is 1. The monoisotopic (exact) mass is 264 g/mol. The van der Waals surface area contributed by atoms with Crippen LogP contribution in [0, 0.1) is 5.92 Å². The molecule has 0 saturated carbocycles. The van der Waals surface area contributed by atoms with Crippen LogP contribution in [-0.2, 0) is 4.79 Å². The van der Waals surface area contributed by atoms with Crippen molar-refractivity contribution in [2.45, 2.75) is 19.4 Å². The molecule has 1 aliphatic rings. The maximum atomic E-state index is 11.8. The first-order valence-electron chi connectivity index (χ1n) is 6.39. The van der Waals surface area contributed by atoms with Crippen LogP contribution in [0.1, 0.15) is 13.8 Å². The zero-order valence-corrected chi connectivity index (χ0v) is 11.3. The molecule has 0 radical (unpaired) electrons. The summed E-state index contributed by atoms with van der Waals surface area (Å²) in [4.78, 5) is 13.4. The summed E-state index contributed by atoms with van der Waals surface area (Å²) in [6.45, 7) is 4.65. The van der Waals surface area contributed by atoms with E-state index in [1.54, 1.807) is 29.2 Å². The first-order chi connectivity index (χ1) is 8.90. The second kappa shape index (κ2) is 5.09. The van der Waals surface area contributed by atoms with Gasteiger partial charge < -0.3 is 20.5 Å². The molecule has 0 unspecified atom stereocenters. The van der Waals surface area contributed by atoms with E-state index in [0.717, 1.165) is 0 Å². The van der Waals surface area contributed by atoms with E-state index in [2.05, 4.69) is 0 Å². The van der Waals surface area contributed by atoms with Gasteiger partial charge in [0.15, 0.2) is 6.61 Å². The molecule has 3 N–H and O–H groups in total. The number of hydrogen-bond acceptors (Lipinski definition) is 4. The lowest BCUT2D eigenvalue weighted by Crippen LogP contribution is -2.66. The molecule has 0 spiro atoms. The summed E-state index contributed by atoms with van der Waals surface area (Å²) in [7, 11) is 0. The number of nitrogen functional groups attached to an aromatic ring is 1. The average Bonchev–Trinajstić information content (AvgIpc) is 2.33. The molecule has 5 heteroatoms. The number of likely N-dealkylation sites (tertiary alicyclic amines) is 1. The van der Waals surface area contributed by atoms with E-state index in [-0.39, 0.29) is 18.4 Å². The van der Waals surface area contributed by atoms with Crippen LogP contribution in [0.2, 0.25) is 0 Å². The molecule has 1 heterocycles. The third-order valence-corrected chi connectivity index (χ3v) is 3.60. The van der Waals surface area contributed by atoms with E-state index in [1.807, 2.05) is 13.8 Å². The molecule has 1 fully saturated rings. The number of ether oxygens (including phenoxy) is 1. The lowest BCUT2D eigenvalue weighted by Gasteiger charge is -2.48. The fourth-order valence-electron chi connectivity index (χ4n) is 1.96. The third kappa shape index (κ3) is 2.98. The second-order valence-corrected chi connectivity index (χ2v) is 5.37. The molecule has 0 aromatic heterocycles. The average molecular weight is 264 g/mol. The van der Waals surface area contributed by atoms with Crippen molar-refractivity contribution in [3.63, 3.8) is 0 Å². The number of hydrogen-bond donors (Lipinski definition) is 2. The number of anilines is 1. The molecular formula is C14H20N2O3. The summed E-state index contributed by atoms with van der Waals surface area (Å²) in [5.41, 5.74) is 5.48. The highest BCUT2D eigenvalue weighted by Gasteiger charge is 2.45. The van der Waals surface area contributed by atoms with Gasteiger partial charge in [-0.2, -0.15) is 0 Å². The minimum absolute atomic E-state index is 0.0158. The van der Waals surface area contributed by atoms with E-state index in [9.17, 15) is 9.90 Å². The van der Waals surface area contributed by atoms with E-state index in [4.69, 9.17) is 10.5 Å². The number of nitrogens with two attached hydrogens (primary N) is 1. The quantitative estimate of drug-likeness (QED) is 0.791. The number of nitrogens with zero attached hydrogens (tertiary/aromatic N) is 1. The minimum Gasteiger partial charge on any atom is -0.484 e. The Morgan fingerprint density at radius 2 is 2.00 bits per heavy atom. The standard InChI is InChI=1S/C14H20N2O3/c1-10(2)14(18)8-16(9-14)13(17)7-19-12-5-3-11(15)4-6-12/h3-6,10,18H,7-9,15H2,1-2H3. The van der Waals surface area contributed by atoms with Crippen LogP contribution >= 0.6 is 0 Å². The van der Waals surface area contributed by atoms with Crippen molar-refractivity contribution in [3.05, 3.63) is 24.3 Å². The largest absolute Gasteiger partial charge is 0.484 e. The molecule has 1 amide bonds. The molecule has 5 nitrogen and oxygen atoms in total. The second-order valence-electron chi connectivity index (χ2n) is 5.37. The lowest BCUT2D eigenvalue weighted by molar-refractivity contribution is -0.165. The van der Waals surface area contributed by atoms with Crippen LogP contribution in [0.3, 0.4) is 0 Å². The van der Waals surface area contributed by atoms with Gasteiger partial charge in [0.2, 0.25) is 0 Å². The Kier molecular flexibility index (Phi) is 3.66. The smallest absolute Gasteiger partial charge is 0.260 e. The summed E-state index contributed by atoms with van der Waals surface area (Å²) in [5.74, 6) is 0.652. The molecular weight excluding hydrogens is 244 g/mol. The highest BCUT2D eigenvalue weighted by atomic mass is 16.5. The van der Waals surface area contributed by atoms with Gasteiger partial charge in [0.25, 0.3) is 5.91 Å². The summed E-state index contributed by atoms with van der Waals surface area (Å²) >= 11 is 0. The predicted octanol–water partition coefficient (Wildman–Crippen LogP) is 0.877. The third-order valence-electron chi connectivity index (χ3n) is 3.60. The number of carbonyl (C=O) groups excluding carboxylic acids is 1. The maximum absolute atomic E-state index is 11.8. The van der Waals surface area contributed by atoms with Gasteiger partial charge in [-0.05, 0) is 30.2 Å². The van der Waals surface area contributed by atoms with Gasteiger partial charge in [-0.1, -0.05) is 13.8 Å². The molecule has 1 aromatic rings. The molecule has 0 bridgehead atoms. The topological polar surface area (TPSA) is 75.8 Å². The van der Waals surface area contributed by atoms with Gasteiger partial charge in [-0.15, -0.1) is 0 Å². The zero-order chi connectivity index (χ0) is 14.0. The number of rotatable bonds is 4. The molecule has 0 atom stereocenters. The predicted molar refractivity (Wildman–Crippen MR) is 72.7 cm³/mol. The van der Waals surface area contributed by atoms with Crippen LogP contribution in [-0.4, -0.2) is 41.2 Å². The molecule has 2 rings (SSSR count). The summed E-state index contributed by atoms with van der Waals surface area (Å²) in [6, 6.07) is 6.90. The van der Waals surface area contributed by atoms with E-state index < -0.39 is 5.60 Å². The Balaban J connectivity index is 1.79. The highest BCUT2D eigenvalue weighted by Crippen LogP contribution is 2.28. The lowest BCUT2D eigenvalue weighted by atomic mass is 9.83. The number of β-amino-alcohol motifs (C(OH)–C–C–N with tert-alkyl or cyclic N) is 1. The van der Waals surface area contributed by atoms with Crippen LogP contribution in [0.4, 0.5) is 5.69 Å². The molecule has 104 valence electrons. The summed E-state index contributed by atoms with van der Waals surface area (Å²) in [5, 5.41) is 10.1. The maximum Gasteiger partial charge on any atom is 0.260 e. The molecule has 0 aliphatic carbocycles. The van der Waals surface area contributed by atoms with Crippen molar-refractivity contribution in [2.75, 3.05) is 25.4 Å². The minimum atomic E-state index is -0.739.